The number of benzene rings is 8. The first-order valence-electron chi connectivity index (χ1n) is 18.9. The van der Waals surface area contributed by atoms with Crippen molar-refractivity contribution in [3.05, 3.63) is 146 Å². The van der Waals surface area contributed by atoms with Gasteiger partial charge in [0.05, 0.1) is 5.39 Å². The first-order valence-corrected chi connectivity index (χ1v) is 19.7. The molecular formula is C48H24B2O5S. The van der Waals surface area contributed by atoms with Crippen LogP contribution in [0.4, 0.5) is 0 Å². The minimum absolute atomic E-state index is 0.0227. The molecule has 8 aromatic carbocycles. The molecule has 0 N–H and O–H groups in total. The van der Waals surface area contributed by atoms with Crippen LogP contribution in [-0.4, -0.2) is 13.4 Å². The summed E-state index contributed by atoms with van der Waals surface area (Å²) >= 11 is 1.79. The van der Waals surface area contributed by atoms with E-state index in [1.165, 1.54) is 10.1 Å². The third-order valence-corrected chi connectivity index (χ3v) is 13.3. The quantitative estimate of drug-likeness (QED) is 0.158. The Morgan fingerprint density at radius 2 is 1.00 bits per heavy atom. The van der Waals surface area contributed by atoms with Crippen molar-refractivity contribution in [3.8, 4) is 57.1 Å². The molecule has 0 spiro atoms. The molecule has 5 nitrogen and oxygen atoms in total. The summed E-state index contributed by atoms with van der Waals surface area (Å²) < 4.78 is 35.8. The van der Waals surface area contributed by atoms with Crippen molar-refractivity contribution in [1.29, 1.82) is 0 Å². The van der Waals surface area contributed by atoms with Gasteiger partial charge in [-0.1, -0.05) is 103 Å². The van der Waals surface area contributed by atoms with Gasteiger partial charge < -0.3 is 23.4 Å². The first-order chi connectivity index (χ1) is 27.7. The van der Waals surface area contributed by atoms with Gasteiger partial charge >= 0.3 is 0 Å². The van der Waals surface area contributed by atoms with Crippen LogP contribution in [0.1, 0.15) is 0 Å². The molecule has 56 heavy (non-hydrogen) atoms. The van der Waals surface area contributed by atoms with E-state index < -0.39 is 0 Å². The molecular weight excluding hydrogens is 710 g/mol. The molecule has 258 valence electrons. The van der Waals surface area contributed by atoms with E-state index in [0.29, 0.717) is 0 Å². The van der Waals surface area contributed by atoms with E-state index in [2.05, 4.69) is 109 Å². The lowest BCUT2D eigenvalue weighted by atomic mass is 9.34. The lowest BCUT2D eigenvalue weighted by Crippen LogP contribution is -2.57. The summed E-state index contributed by atoms with van der Waals surface area (Å²) in [5, 5.41) is 4.30. The smallest absolute Gasteiger partial charge is 0.260 e. The SMILES string of the molecule is c1ccc2c(c1)Oc1c3c(cc4oc5ccccc5c14)Oc1ccc(-c4cccc5c4sc4cc6c7c(c45)Oc4ccccc4B7c4ccccc4O6)cc1B23. The van der Waals surface area contributed by atoms with Crippen LogP contribution >= 0.6 is 11.3 Å². The molecule has 0 radical (unpaired) electrons. The number of ether oxygens (including phenoxy) is 4. The molecule has 8 heteroatoms. The highest BCUT2D eigenvalue weighted by molar-refractivity contribution is 7.26. The van der Waals surface area contributed by atoms with Gasteiger partial charge in [0.15, 0.2) is 0 Å². The zero-order valence-corrected chi connectivity index (χ0v) is 30.3. The van der Waals surface area contributed by atoms with Gasteiger partial charge in [-0.25, -0.2) is 0 Å². The van der Waals surface area contributed by atoms with Crippen molar-refractivity contribution in [1.82, 2.24) is 0 Å². The van der Waals surface area contributed by atoms with Gasteiger partial charge in [0.25, 0.3) is 13.4 Å². The standard InChI is InChI=1S/C48H24B2O5S/c1-5-16-33-27(10-1)42-38(51-33)23-39-44-46(42)54-36-19-8-4-15-31(36)50(44)32-22-25(20-21-37(32)53-39)26-11-9-12-28-43-41(56-48(26)28)24-40-45-47(43)55-35-18-7-3-14-30(35)49(45)29-13-2-6-17-34(29)52-40/h1-24H. The number of hydrogen-bond acceptors (Lipinski definition) is 6. The molecule has 0 amide bonds. The van der Waals surface area contributed by atoms with E-state index >= 15 is 0 Å². The van der Waals surface area contributed by atoms with Crippen molar-refractivity contribution >= 4 is 99.6 Å². The monoisotopic (exact) mass is 734 g/mol. The van der Waals surface area contributed by atoms with Crippen molar-refractivity contribution in [2.45, 2.75) is 0 Å². The Labute approximate surface area is 324 Å². The molecule has 6 heterocycles. The van der Waals surface area contributed by atoms with E-state index in [0.717, 1.165) is 122 Å². The lowest BCUT2D eigenvalue weighted by molar-refractivity contribution is 0.467. The average molecular weight is 734 g/mol. The molecule has 4 aliphatic rings. The number of fused-ring (bicyclic) bond motifs is 16. The van der Waals surface area contributed by atoms with Crippen LogP contribution in [0.25, 0.3) is 53.2 Å². The topological polar surface area (TPSA) is 50.1 Å². The number of thiophene rings is 1. The van der Waals surface area contributed by atoms with E-state index in [4.69, 9.17) is 23.4 Å². The van der Waals surface area contributed by atoms with Gasteiger partial charge in [-0.3, -0.25) is 0 Å². The van der Waals surface area contributed by atoms with Gasteiger partial charge in [0.1, 0.15) is 57.2 Å². The van der Waals surface area contributed by atoms with E-state index in [1.807, 2.05) is 36.4 Å². The zero-order chi connectivity index (χ0) is 36.2. The second-order valence-electron chi connectivity index (χ2n) is 15.0. The highest BCUT2D eigenvalue weighted by atomic mass is 32.1. The predicted molar refractivity (Wildman–Crippen MR) is 227 cm³/mol. The van der Waals surface area contributed by atoms with Crippen molar-refractivity contribution in [3.63, 3.8) is 0 Å². The molecule has 0 aliphatic carbocycles. The van der Waals surface area contributed by atoms with Crippen LogP contribution in [0.5, 0.6) is 46.0 Å². The molecule has 0 saturated carbocycles. The predicted octanol–water partition coefficient (Wildman–Crippen LogP) is 9.08. The maximum absolute atomic E-state index is 6.89. The van der Waals surface area contributed by atoms with Gasteiger partial charge in [-0.05, 0) is 69.4 Å². The summed E-state index contributed by atoms with van der Waals surface area (Å²) in [5.41, 5.74) is 10.5. The van der Waals surface area contributed by atoms with E-state index in [-0.39, 0.29) is 13.4 Å². The highest BCUT2D eigenvalue weighted by Crippen LogP contribution is 2.49. The minimum Gasteiger partial charge on any atom is -0.458 e. The Kier molecular flexibility index (Phi) is 5.50. The van der Waals surface area contributed by atoms with Crippen molar-refractivity contribution < 1.29 is 23.4 Å². The van der Waals surface area contributed by atoms with Gasteiger partial charge in [0, 0.05) is 42.6 Å². The Balaban J connectivity index is 0.985. The Morgan fingerprint density at radius 1 is 0.411 bits per heavy atom. The summed E-state index contributed by atoms with van der Waals surface area (Å²) in [4.78, 5) is 0. The molecule has 0 bridgehead atoms. The van der Waals surface area contributed by atoms with Crippen LogP contribution in [-0.2, 0) is 0 Å². The molecule has 2 aromatic heterocycles. The Morgan fingerprint density at radius 3 is 1.75 bits per heavy atom. The van der Waals surface area contributed by atoms with E-state index in [9.17, 15) is 0 Å². The highest BCUT2D eigenvalue weighted by Gasteiger charge is 2.43. The minimum atomic E-state index is -0.0892. The van der Waals surface area contributed by atoms with Crippen LogP contribution in [0, 0.1) is 0 Å². The van der Waals surface area contributed by atoms with Gasteiger partial charge in [-0.15, -0.1) is 11.3 Å². The maximum Gasteiger partial charge on any atom is 0.260 e. The fourth-order valence-corrected chi connectivity index (χ4v) is 11.1. The van der Waals surface area contributed by atoms with Crippen molar-refractivity contribution in [2.75, 3.05) is 0 Å². The number of hydrogen-bond donors (Lipinski definition) is 0. The molecule has 10 aromatic rings. The fraction of sp³-hybridized carbons (Fsp3) is 0. The molecule has 0 fully saturated rings. The summed E-state index contributed by atoms with van der Waals surface area (Å²) in [5.74, 6) is 6.78. The molecule has 14 rings (SSSR count). The average Bonchev–Trinajstić information content (AvgIpc) is 3.81. The van der Waals surface area contributed by atoms with Crippen molar-refractivity contribution in [2.24, 2.45) is 0 Å². The Bertz CT molecular complexity index is 3410. The normalized spacial score (nSPS) is 13.9. The van der Waals surface area contributed by atoms with E-state index in [1.54, 1.807) is 11.3 Å². The summed E-state index contributed by atoms with van der Waals surface area (Å²) in [6.45, 7) is -0.0665. The third kappa shape index (κ3) is 3.72. The van der Waals surface area contributed by atoms with Crippen LogP contribution < -0.4 is 51.7 Å². The number of furan rings is 1. The second-order valence-corrected chi connectivity index (χ2v) is 16.1. The summed E-state index contributed by atoms with van der Waals surface area (Å²) in [6.07, 6.45) is 0. The summed E-state index contributed by atoms with van der Waals surface area (Å²) in [7, 11) is 0. The third-order valence-electron chi connectivity index (χ3n) is 12.1. The van der Waals surface area contributed by atoms with Crippen LogP contribution in [0.3, 0.4) is 0 Å². The zero-order valence-electron chi connectivity index (χ0n) is 29.5. The number of para-hydroxylation sites is 4. The molecule has 0 unspecified atom stereocenters. The maximum atomic E-state index is 6.89. The molecule has 0 atom stereocenters. The lowest BCUT2D eigenvalue weighted by Gasteiger charge is -2.33. The van der Waals surface area contributed by atoms with Gasteiger partial charge in [0.2, 0.25) is 0 Å². The Hall–Kier alpha value is -6.89. The fourth-order valence-electron chi connectivity index (χ4n) is 9.80. The number of rotatable bonds is 1. The van der Waals surface area contributed by atoms with Crippen LogP contribution in [0.15, 0.2) is 150 Å². The second kappa shape index (κ2) is 10.4. The van der Waals surface area contributed by atoms with Crippen LogP contribution in [0.2, 0.25) is 0 Å². The molecule has 0 saturated heterocycles. The summed E-state index contributed by atoms with van der Waals surface area (Å²) in [6, 6.07) is 50.9. The van der Waals surface area contributed by atoms with Gasteiger partial charge in [-0.2, -0.15) is 0 Å². The first kappa shape index (κ1) is 29.5. The molecule has 4 aliphatic heterocycles. The largest absolute Gasteiger partial charge is 0.458 e.